The summed E-state index contributed by atoms with van der Waals surface area (Å²) in [7, 11) is 6.69. The van der Waals surface area contributed by atoms with Crippen LogP contribution in [0, 0.1) is 0 Å². The molecule has 26 heavy (non-hydrogen) atoms. The first-order valence-electron chi connectivity index (χ1n) is 8.39. The fraction of sp³-hybridized carbons (Fsp3) is 0.444. The van der Waals surface area contributed by atoms with Crippen LogP contribution >= 0.6 is 0 Å². The van der Waals surface area contributed by atoms with Crippen LogP contribution in [0.2, 0.25) is 0 Å². The minimum atomic E-state index is 0.554. The van der Waals surface area contributed by atoms with Gasteiger partial charge in [-0.05, 0) is 24.6 Å². The molecule has 8 nitrogen and oxygen atoms in total. The lowest BCUT2D eigenvalue weighted by Gasteiger charge is -2.15. The molecule has 2 rings (SSSR count). The number of aliphatic imine (C=N–C) groups is 1. The van der Waals surface area contributed by atoms with Crippen molar-refractivity contribution in [1.29, 1.82) is 0 Å². The third-order valence-electron chi connectivity index (χ3n) is 3.71. The Hall–Kier alpha value is -2.90. The van der Waals surface area contributed by atoms with E-state index in [0.29, 0.717) is 30.3 Å². The zero-order valence-corrected chi connectivity index (χ0v) is 16.0. The number of aromatic nitrogens is 2. The van der Waals surface area contributed by atoms with E-state index < -0.39 is 0 Å². The molecule has 0 saturated heterocycles. The molecule has 1 aromatic carbocycles. The van der Waals surface area contributed by atoms with Crippen LogP contribution < -0.4 is 24.8 Å². The zero-order chi connectivity index (χ0) is 18.9. The van der Waals surface area contributed by atoms with Crippen LogP contribution in [0.3, 0.4) is 0 Å². The Kier molecular flexibility index (Phi) is 7.13. The van der Waals surface area contributed by atoms with Crippen LogP contribution in [0.15, 0.2) is 29.5 Å². The minimum Gasteiger partial charge on any atom is -0.493 e. The number of nitrogens with one attached hydrogen (secondary N) is 2. The molecular weight excluding hydrogens is 334 g/mol. The summed E-state index contributed by atoms with van der Waals surface area (Å²) in [5, 5.41) is 10.7. The number of rotatable bonds is 8. The maximum absolute atomic E-state index is 5.39. The van der Waals surface area contributed by atoms with E-state index in [1.54, 1.807) is 26.0 Å². The predicted molar refractivity (Wildman–Crippen MR) is 101 cm³/mol. The van der Waals surface area contributed by atoms with Crippen molar-refractivity contribution in [2.24, 2.45) is 12.0 Å². The Morgan fingerprint density at radius 3 is 2.27 bits per heavy atom. The molecule has 142 valence electrons. The first-order valence-corrected chi connectivity index (χ1v) is 8.39. The average Bonchev–Trinajstić information content (AvgIpc) is 3.08. The third kappa shape index (κ3) is 5.05. The minimum absolute atomic E-state index is 0.554. The van der Waals surface area contributed by atoms with Gasteiger partial charge < -0.3 is 24.8 Å². The van der Waals surface area contributed by atoms with Gasteiger partial charge in [-0.1, -0.05) is 0 Å². The largest absolute Gasteiger partial charge is 0.493 e. The highest BCUT2D eigenvalue weighted by atomic mass is 16.5. The summed E-state index contributed by atoms with van der Waals surface area (Å²) in [6.45, 7) is 3.92. The van der Waals surface area contributed by atoms with Crippen molar-refractivity contribution < 1.29 is 14.2 Å². The van der Waals surface area contributed by atoms with Gasteiger partial charge in [-0.25, -0.2) is 4.99 Å². The SMILES string of the molecule is CCNC(=NCc1cnn(C)c1)NCc1cc(OC)c(OC)c(OC)c1. The lowest BCUT2D eigenvalue weighted by Crippen LogP contribution is -2.36. The van der Waals surface area contributed by atoms with Gasteiger partial charge in [0.1, 0.15) is 0 Å². The van der Waals surface area contributed by atoms with Gasteiger partial charge in [0.2, 0.25) is 5.75 Å². The maximum Gasteiger partial charge on any atom is 0.203 e. The molecule has 2 N–H and O–H groups in total. The van der Waals surface area contributed by atoms with Crippen molar-refractivity contribution in [3.8, 4) is 17.2 Å². The second-order valence-electron chi connectivity index (χ2n) is 5.60. The van der Waals surface area contributed by atoms with E-state index >= 15 is 0 Å². The summed E-state index contributed by atoms with van der Waals surface area (Å²) in [6, 6.07) is 3.83. The molecule has 2 aromatic rings. The van der Waals surface area contributed by atoms with E-state index in [1.807, 2.05) is 38.5 Å². The Morgan fingerprint density at radius 2 is 1.77 bits per heavy atom. The van der Waals surface area contributed by atoms with E-state index in [0.717, 1.165) is 23.6 Å². The lowest BCUT2D eigenvalue weighted by molar-refractivity contribution is 0.323. The number of ether oxygens (including phenoxy) is 3. The highest BCUT2D eigenvalue weighted by molar-refractivity contribution is 5.79. The molecule has 0 spiro atoms. The summed E-state index contributed by atoms with van der Waals surface area (Å²) < 4.78 is 17.9. The van der Waals surface area contributed by atoms with Crippen molar-refractivity contribution in [1.82, 2.24) is 20.4 Å². The zero-order valence-electron chi connectivity index (χ0n) is 16.0. The Bertz CT molecular complexity index is 717. The van der Waals surface area contributed by atoms with E-state index in [1.165, 1.54) is 0 Å². The second kappa shape index (κ2) is 9.55. The molecule has 0 saturated carbocycles. The molecule has 8 heteroatoms. The highest BCUT2D eigenvalue weighted by Gasteiger charge is 2.13. The fourth-order valence-corrected chi connectivity index (χ4v) is 2.49. The van der Waals surface area contributed by atoms with Crippen molar-refractivity contribution in [2.45, 2.75) is 20.0 Å². The number of nitrogens with zero attached hydrogens (tertiary/aromatic N) is 3. The van der Waals surface area contributed by atoms with Gasteiger partial charge in [0, 0.05) is 31.9 Å². The van der Waals surface area contributed by atoms with E-state index in [-0.39, 0.29) is 0 Å². The molecule has 0 fully saturated rings. The molecular formula is C18H27N5O3. The van der Waals surface area contributed by atoms with Crippen LogP contribution in [0.1, 0.15) is 18.1 Å². The smallest absolute Gasteiger partial charge is 0.203 e. The van der Waals surface area contributed by atoms with Gasteiger partial charge in [-0.2, -0.15) is 5.10 Å². The molecule has 0 atom stereocenters. The molecule has 0 unspecified atom stereocenters. The molecule has 0 radical (unpaired) electrons. The number of aryl methyl sites for hydroxylation is 1. The summed E-state index contributed by atoms with van der Waals surface area (Å²) in [4.78, 5) is 4.58. The van der Waals surface area contributed by atoms with Gasteiger partial charge in [-0.3, -0.25) is 4.68 Å². The van der Waals surface area contributed by atoms with E-state index in [4.69, 9.17) is 14.2 Å². The van der Waals surface area contributed by atoms with Gasteiger partial charge in [-0.15, -0.1) is 0 Å². The second-order valence-corrected chi connectivity index (χ2v) is 5.60. The van der Waals surface area contributed by atoms with Crippen LogP contribution in [-0.4, -0.2) is 43.6 Å². The van der Waals surface area contributed by atoms with Crippen molar-refractivity contribution in [3.05, 3.63) is 35.7 Å². The number of benzene rings is 1. The lowest BCUT2D eigenvalue weighted by atomic mass is 10.2. The Labute approximate surface area is 154 Å². The fourth-order valence-electron chi connectivity index (χ4n) is 2.49. The monoisotopic (exact) mass is 361 g/mol. The summed E-state index contributed by atoms with van der Waals surface area (Å²) in [6.07, 6.45) is 3.76. The van der Waals surface area contributed by atoms with Gasteiger partial charge >= 0.3 is 0 Å². The standard InChI is InChI=1S/C18H27N5O3/c1-6-19-18(21-10-14-11-22-23(2)12-14)20-9-13-7-15(24-3)17(26-5)16(8-13)25-4/h7-8,11-12H,6,9-10H2,1-5H3,(H2,19,20,21). The number of methoxy groups -OCH3 is 3. The first kappa shape index (κ1) is 19.4. The predicted octanol–water partition coefficient (Wildman–Crippen LogP) is 1.70. The van der Waals surface area contributed by atoms with Crippen LogP contribution in [-0.2, 0) is 20.1 Å². The molecule has 0 aliphatic rings. The van der Waals surface area contributed by atoms with Gasteiger partial charge in [0.15, 0.2) is 17.5 Å². The number of guanidine groups is 1. The van der Waals surface area contributed by atoms with E-state index in [2.05, 4.69) is 20.7 Å². The van der Waals surface area contributed by atoms with Crippen LogP contribution in [0.5, 0.6) is 17.2 Å². The van der Waals surface area contributed by atoms with Crippen LogP contribution in [0.4, 0.5) is 0 Å². The molecule has 0 aliphatic carbocycles. The summed E-state index contributed by atoms with van der Waals surface area (Å²) >= 11 is 0. The highest BCUT2D eigenvalue weighted by Crippen LogP contribution is 2.38. The molecule has 0 amide bonds. The molecule has 1 heterocycles. The number of hydrogen-bond acceptors (Lipinski definition) is 5. The Morgan fingerprint density at radius 1 is 1.08 bits per heavy atom. The van der Waals surface area contributed by atoms with Crippen molar-refractivity contribution >= 4 is 5.96 Å². The summed E-state index contributed by atoms with van der Waals surface area (Å²) in [5.41, 5.74) is 2.05. The van der Waals surface area contributed by atoms with E-state index in [9.17, 15) is 0 Å². The first-order chi connectivity index (χ1) is 12.6. The quantitative estimate of drug-likeness (QED) is 0.550. The number of hydrogen-bond donors (Lipinski definition) is 2. The van der Waals surface area contributed by atoms with Crippen LogP contribution in [0.25, 0.3) is 0 Å². The topological polar surface area (TPSA) is 81.9 Å². The van der Waals surface area contributed by atoms with Gasteiger partial charge in [0.25, 0.3) is 0 Å². The molecule has 0 aliphatic heterocycles. The normalized spacial score (nSPS) is 11.2. The van der Waals surface area contributed by atoms with Gasteiger partial charge in [0.05, 0.1) is 34.1 Å². The van der Waals surface area contributed by atoms with Crippen molar-refractivity contribution in [3.63, 3.8) is 0 Å². The third-order valence-corrected chi connectivity index (χ3v) is 3.71. The average molecular weight is 361 g/mol. The maximum atomic E-state index is 5.39. The summed E-state index contributed by atoms with van der Waals surface area (Å²) in [5.74, 6) is 2.56. The van der Waals surface area contributed by atoms with Crippen molar-refractivity contribution in [2.75, 3.05) is 27.9 Å². The molecule has 0 bridgehead atoms. The Balaban J connectivity index is 2.10. The molecule has 1 aromatic heterocycles.